The Morgan fingerprint density at radius 1 is 1.05 bits per heavy atom. The van der Waals surface area contributed by atoms with Crippen LogP contribution in [0.2, 0.25) is 0 Å². The molecule has 0 spiro atoms. The zero-order valence-corrected chi connectivity index (χ0v) is 22.6. The SMILES string of the molecule is CCCCc1nc(=O)c(S(=O)(=O)c2ccc(-c3ccc(F)nc3F)cc2)c(O)n1[C@@H](CC)c1cccc(C#N)c1. The zero-order chi connectivity index (χ0) is 29.0. The Kier molecular flexibility index (Phi) is 8.40. The molecule has 0 saturated heterocycles. The first kappa shape index (κ1) is 28.6. The molecule has 0 saturated carbocycles. The predicted molar refractivity (Wildman–Crippen MR) is 143 cm³/mol. The predicted octanol–water partition coefficient (Wildman–Crippen LogP) is 5.34. The Hall–Kier alpha value is -4.43. The van der Waals surface area contributed by atoms with Crippen LogP contribution in [0.3, 0.4) is 0 Å². The van der Waals surface area contributed by atoms with Crippen molar-refractivity contribution in [1.82, 2.24) is 14.5 Å². The van der Waals surface area contributed by atoms with Gasteiger partial charge < -0.3 is 5.11 Å². The average molecular weight is 565 g/mol. The van der Waals surface area contributed by atoms with Crippen molar-refractivity contribution < 1.29 is 22.3 Å². The van der Waals surface area contributed by atoms with Crippen molar-refractivity contribution in [3.8, 4) is 23.1 Å². The van der Waals surface area contributed by atoms with Gasteiger partial charge in [-0.15, -0.1) is 0 Å². The summed E-state index contributed by atoms with van der Waals surface area (Å²) in [4.78, 5) is 19.1. The first-order valence-electron chi connectivity index (χ1n) is 12.6. The van der Waals surface area contributed by atoms with Crippen LogP contribution in [0, 0.1) is 23.2 Å². The summed E-state index contributed by atoms with van der Waals surface area (Å²) < 4.78 is 56.0. The number of nitrogens with zero attached hydrogens (tertiary/aromatic N) is 4. The van der Waals surface area contributed by atoms with E-state index in [-0.39, 0.29) is 21.8 Å². The second-order valence-electron chi connectivity index (χ2n) is 9.12. The molecule has 1 atom stereocenters. The van der Waals surface area contributed by atoms with Crippen molar-refractivity contribution in [1.29, 1.82) is 5.26 Å². The van der Waals surface area contributed by atoms with E-state index in [2.05, 4.69) is 16.0 Å². The van der Waals surface area contributed by atoms with Crippen LogP contribution in [-0.2, 0) is 16.3 Å². The maximum absolute atomic E-state index is 14.1. The Balaban J connectivity index is 1.87. The van der Waals surface area contributed by atoms with Gasteiger partial charge in [-0.3, -0.25) is 9.36 Å². The highest BCUT2D eigenvalue weighted by Gasteiger charge is 2.32. The zero-order valence-electron chi connectivity index (χ0n) is 21.8. The highest BCUT2D eigenvalue weighted by molar-refractivity contribution is 7.91. The number of aromatic hydroxyl groups is 1. The van der Waals surface area contributed by atoms with Crippen LogP contribution in [0.25, 0.3) is 11.1 Å². The molecule has 206 valence electrons. The van der Waals surface area contributed by atoms with Crippen LogP contribution in [0.15, 0.2) is 75.2 Å². The third-order valence-electron chi connectivity index (χ3n) is 6.55. The monoisotopic (exact) mass is 564 g/mol. The van der Waals surface area contributed by atoms with Crippen LogP contribution < -0.4 is 5.56 Å². The first-order chi connectivity index (χ1) is 19.1. The Morgan fingerprint density at radius 3 is 2.40 bits per heavy atom. The van der Waals surface area contributed by atoms with Crippen molar-refractivity contribution in [3.05, 3.63) is 99.9 Å². The lowest BCUT2D eigenvalue weighted by Gasteiger charge is -2.25. The molecule has 11 heteroatoms. The van der Waals surface area contributed by atoms with Crippen molar-refractivity contribution in [2.24, 2.45) is 0 Å². The lowest BCUT2D eigenvalue weighted by atomic mass is 10.0. The van der Waals surface area contributed by atoms with E-state index in [0.29, 0.717) is 30.4 Å². The summed E-state index contributed by atoms with van der Waals surface area (Å²) in [5, 5.41) is 20.8. The molecular weight excluding hydrogens is 538 g/mol. The van der Waals surface area contributed by atoms with Crippen LogP contribution >= 0.6 is 0 Å². The Morgan fingerprint density at radius 2 is 1.77 bits per heavy atom. The molecule has 0 bridgehead atoms. The number of hydrogen-bond acceptors (Lipinski definition) is 7. The molecule has 4 aromatic rings. The molecule has 1 N–H and O–H groups in total. The summed E-state index contributed by atoms with van der Waals surface area (Å²) >= 11 is 0. The fraction of sp³-hybridized carbons (Fsp3) is 0.241. The van der Waals surface area contributed by atoms with Gasteiger partial charge in [0.15, 0.2) is 4.90 Å². The molecule has 0 unspecified atom stereocenters. The topological polar surface area (TPSA) is 126 Å². The summed E-state index contributed by atoms with van der Waals surface area (Å²) in [6, 6.07) is 15.3. The number of aryl methyl sites for hydroxylation is 1. The van der Waals surface area contributed by atoms with Gasteiger partial charge >= 0.3 is 0 Å². The van der Waals surface area contributed by atoms with E-state index < -0.39 is 44.1 Å². The quantitative estimate of drug-likeness (QED) is 0.272. The van der Waals surface area contributed by atoms with Gasteiger partial charge in [0.25, 0.3) is 5.56 Å². The molecular formula is C29H26F2N4O4S. The van der Waals surface area contributed by atoms with Gasteiger partial charge in [-0.25, -0.2) is 8.42 Å². The normalized spacial score (nSPS) is 12.2. The standard InChI is InChI=1S/C29H26F2N4O4S/c1-3-5-9-25-34-28(36)26(29(37)35(25)23(4-2)20-8-6-7-18(16-20)17-32)40(38,39)21-12-10-19(11-13-21)22-14-15-24(30)33-27(22)31/h6-8,10-16,23,37H,3-5,9H2,1-2H3/t23-/m0/s1. The average Bonchev–Trinajstić information content (AvgIpc) is 2.93. The number of halogens is 2. The van der Waals surface area contributed by atoms with Crippen molar-refractivity contribution in [2.75, 3.05) is 0 Å². The fourth-order valence-electron chi connectivity index (χ4n) is 4.56. The first-order valence-corrected chi connectivity index (χ1v) is 14.1. The fourth-order valence-corrected chi connectivity index (χ4v) is 5.91. The number of nitriles is 1. The summed E-state index contributed by atoms with van der Waals surface area (Å²) in [7, 11) is -4.58. The molecule has 0 radical (unpaired) electrons. The van der Waals surface area contributed by atoms with E-state index in [1.54, 1.807) is 24.3 Å². The van der Waals surface area contributed by atoms with E-state index in [4.69, 9.17) is 0 Å². The number of sulfone groups is 1. The van der Waals surface area contributed by atoms with Gasteiger partial charge in [0, 0.05) is 12.0 Å². The van der Waals surface area contributed by atoms with Crippen LogP contribution in [0.5, 0.6) is 5.88 Å². The third-order valence-corrected chi connectivity index (χ3v) is 8.33. The summed E-state index contributed by atoms with van der Waals surface area (Å²) in [6.45, 7) is 3.79. The van der Waals surface area contributed by atoms with Crippen LogP contribution in [0.4, 0.5) is 8.78 Å². The maximum Gasteiger partial charge on any atom is 0.296 e. The summed E-state index contributed by atoms with van der Waals surface area (Å²) in [5.41, 5.74) is 0.131. The van der Waals surface area contributed by atoms with Crippen molar-refractivity contribution in [2.45, 2.75) is 55.4 Å². The van der Waals surface area contributed by atoms with Crippen molar-refractivity contribution >= 4 is 9.84 Å². The van der Waals surface area contributed by atoms with E-state index in [1.165, 1.54) is 22.8 Å². The Labute approximate surface area is 230 Å². The van der Waals surface area contributed by atoms with E-state index in [1.807, 2.05) is 13.8 Å². The van der Waals surface area contributed by atoms with E-state index in [0.717, 1.165) is 24.6 Å². The molecule has 2 heterocycles. The number of unbranched alkanes of at least 4 members (excludes halogenated alkanes) is 1. The molecule has 0 aliphatic carbocycles. The minimum Gasteiger partial charge on any atom is -0.493 e. The third kappa shape index (κ3) is 5.49. The molecule has 4 rings (SSSR count). The molecule has 0 amide bonds. The van der Waals surface area contributed by atoms with Gasteiger partial charge in [0.2, 0.25) is 27.6 Å². The Bertz CT molecular complexity index is 1760. The van der Waals surface area contributed by atoms with Gasteiger partial charge in [-0.05, 0) is 60.4 Å². The van der Waals surface area contributed by atoms with Crippen molar-refractivity contribution in [3.63, 3.8) is 0 Å². The highest BCUT2D eigenvalue weighted by Crippen LogP contribution is 2.34. The van der Waals surface area contributed by atoms with Gasteiger partial charge in [0.05, 0.1) is 22.6 Å². The number of pyridine rings is 1. The van der Waals surface area contributed by atoms with Gasteiger partial charge in [-0.2, -0.15) is 24.0 Å². The van der Waals surface area contributed by atoms with Crippen LogP contribution in [0.1, 0.15) is 56.1 Å². The second kappa shape index (κ2) is 11.8. The van der Waals surface area contributed by atoms with Crippen LogP contribution in [-0.4, -0.2) is 28.1 Å². The number of aromatic nitrogens is 3. The lowest BCUT2D eigenvalue weighted by Crippen LogP contribution is -2.27. The molecule has 8 nitrogen and oxygen atoms in total. The smallest absolute Gasteiger partial charge is 0.296 e. The molecule has 0 aliphatic heterocycles. The minimum atomic E-state index is -4.58. The maximum atomic E-state index is 14.1. The molecule has 40 heavy (non-hydrogen) atoms. The molecule has 2 aromatic carbocycles. The van der Waals surface area contributed by atoms with Gasteiger partial charge in [-0.1, -0.05) is 44.5 Å². The van der Waals surface area contributed by atoms with Gasteiger partial charge in [0.1, 0.15) is 5.82 Å². The summed E-state index contributed by atoms with van der Waals surface area (Å²) in [5.74, 6) is -2.58. The number of hydrogen-bond donors (Lipinski definition) is 1. The van der Waals surface area contributed by atoms with E-state index >= 15 is 0 Å². The number of rotatable bonds is 9. The van der Waals surface area contributed by atoms with E-state index in [9.17, 15) is 32.4 Å². The molecule has 0 aliphatic rings. The largest absolute Gasteiger partial charge is 0.493 e. The minimum absolute atomic E-state index is 0.0390. The molecule has 2 aromatic heterocycles. The summed E-state index contributed by atoms with van der Waals surface area (Å²) in [6.07, 6.45) is 2.13. The number of benzene rings is 2. The highest BCUT2D eigenvalue weighted by atomic mass is 32.2. The second-order valence-corrected chi connectivity index (χ2v) is 11.0. The molecule has 0 fully saturated rings. The lowest BCUT2D eigenvalue weighted by molar-refractivity contribution is 0.358.